The van der Waals surface area contributed by atoms with Crippen molar-refractivity contribution in [2.24, 2.45) is 0 Å². The molecule has 1 aliphatic rings. The minimum atomic E-state index is -0.473. The number of carbonyl (C=O) groups excluding carboxylic acids is 1. The third kappa shape index (κ3) is 2.23. The van der Waals surface area contributed by atoms with Crippen LogP contribution < -0.4 is 10.4 Å². The molecule has 4 heteroatoms. The molecular weight excluding hydrogens is 204 g/mol. The third-order valence-corrected chi connectivity index (χ3v) is 2.72. The second-order valence-electron chi connectivity index (χ2n) is 4.01. The maximum atomic E-state index is 11.6. The fourth-order valence-electron chi connectivity index (χ4n) is 1.77. The van der Waals surface area contributed by atoms with Crippen molar-refractivity contribution in [3.63, 3.8) is 0 Å². The van der Waals surface area contributed by atoms with Crippen LogP contribution in [0.1, 0.15) is 31.4 Å². The molecule has 1 heterocycles. The van der Waals surface area contributed by atoms with Crippen LogP contribution in [-0.4, -0.2) is 17.6 Å². The Labute approximate surface area is 94.9 Å². The number of hydrogen-bond donors (Lipinski definition) is 2. The van der Waals surface area contributed by atoms with Gasteiger partial charge in [-0.2, -0.15) is 0 Å². The lowest BCUT2D eigenvalue weighted by molar-refractivity contribution is -0.120. The normalized spacial score (nSPS) is 18.6. The molecule has 86 valence electrons. The Morgan fingerprint density at radius 3 is 2.62 bits per heavy atom. The van der Waals surface area contributed by atoms with Crippen molar-refractivity contribution in [3.05, 3.63) is 29.8 Å². The molecule has 1 atom stereocenters. The largest absolute Gasteiger partial charge is 0.389 e. The lowest BCUT2D eigenvalue weighted by Gasteiger charge is -2.27. The first-order valence-electron chi connectivity index (χ1n) is 5.53. The number of anilines is 1. The Bertz CT molecular complexity index is 373. The van der Waals surface area contributed by atoms with E-state index >= 15 is 0 Å². The Morgan fingerprint density at radius 1 is 1.38 bits per heavy atom. The summed E-state index contributed by atoms with van der Waals surface area (Å²) >= 11 is 0. The van der Waals surface area contributed by atoms with E-state index in [1.165, 1.54) is 0 Å². The molecule has 1 aromatic rings. The van der Waals surface area contributed by atoms with E-state index in [9.17, 15) is 9.90 Å². The van der Waals surface area contributed by atoms with Gasteiger partial charge in [0, 0.05) is 13.0 Å². The molecule has 0 bridgehead atoms. The van der Waals surface area contributed by atoms with Gasteiger partial charge in [-0.05, 0) is 31.0 Å². The number of aliphatic hydroxyl groups is 1. The highest BCUT2D eigenvalue weighted by Crippen LogP contribution is 2.20. The quantitative estimate of drug-likeness (QED) is 0.791. The fourth-order valence-corrected chi connectivity index (χ4v) is 1.77. The van der Waals surface area contributed by atoms with Crippen molar-refractivity contribution in [3.8, 4) is 0 Å². The van der Waals surface area contributed by atoms with E-state index in [1.807, 2.05) is 24.3 Å². The molecule has 16 heavy (non-hydrogen) atoms. The molecule has 1 unspecified atom stereocenters. The Balaban J connectivity index is 2.17. The Kier molecular flexibility index (Phi) is 3.22. The fraction of sp³-hybridized carbons (Fsp3) is 0.417. The van der Waals surface area contributed by atoms with E-state index in [4.69, 9.17) is 0 Å². The van der Waals surface area contributed by atoms with E-state index in [1.54, 1.807) is 11.9 Å². The van der Waals surface area contributed by atoms with Crippen molar-refractivity contribution in [1.29, 1.82) is 0 Å². The number of nitrogens with zero attached hydrogens (tertiary/aromatic N) is 1. The van der Waals surface area contributed by atoms with Gasteiger partial charge in [0.1, 0.15) is 0 Å². The van der Waals surface area contributed by atoms with Gasteiger partial charge >= 0.3 is 0 Å². The summed E-state index contributed by atoms with van der Waals surface area (Å²) in [6.45, 7) is 2.54. The topological polar surface area (TPSA) is 52.6 Å². The number of benzene rings is 1. The number of amides is 1. The van der Waals surface area contributed by atoms with Crippen LogP contribution >= 0.6 is 0 Å². The molecule has 0 aromatic heterocycles. The monoisotopic (exact) mass is 220 g/mol. The van der Waals surface area contributed by atoms with E-state index in [-0.39, 0.29) is 5.91 Å². The molecule has 1 saturated heterocycles. The molecule has 4 nitrogen and oxygen atoms in total. The summed E-state index contributed by atoms with van der Waals surface area (Å²) in [4.78, 5) is 11.6. The maximum absolute atomic E-state index is 11.6. The highest BCUT2D eigenvalue weighted by atomic mass is 16.3. The molecule has 2 rings (SSSR count). The molecular formula is C12H16N2O2. The summed E-state index contributed by atoms with van der Waals surface area (Å²) in [7, 11) is 0. The van der Waals surface area contributed by atoms with Crippen molar-refractivity contribution >= 4 is 11.6 Å². The highest BCUT2D eigenvalue weighted by molar-refractivity contribution is 5.93. The maximum Gasteiger partial charge on any atom is 0.241 e. The van der Waals surface area contributed by atoms with Crippen molar-refractivity contribution < 1.29 is 9.90 Å². The minimum absolute atomic E-state index is 0.0936. The lowest BCUT2D eigenvalue weighted by Crippen LogP contribution is -2.47. The zero-order chi connectivity index (χ0) is 11.5. The summed E-state index contributed by atoms with van der Waals surface area (Å²) in [5.74, 6) is 0.0936. The van der Waals surface area contributed by atoms with E-state index in [0.717, 1.165) is 24.2 Å². The van der Waals surface area contributed by atoms with Gasteiger partial charge in [-0.1, -0.05) is 12.1 Å². The smallest absolute Gasteiger partial charge is 0.241 e. The van der Waals surface area contributed by atoms with E-state index < -0.39 is 6.10 Å². The first-order chi connectivity index (χ1) is 7.68. The van der Waals surface area contributed by atoms with Crippen LogP contribution in [0.3, 0.4) is 0 Å². The molecule has 1 fully saturated rings. The number of hydrogen-bond acceptors (Lipinski definition) is 3. The molecule has 0 aliphatic carbocycles. The second-order valence-corrected chi connectivity index (χ2v) is 4.01. The second kappa shape index (κ2) is 4.63. The zero-order valence-electron chi connectivity index (χ0n) is 9.31. The predicted octanol–water partition coefficient (Wildman–Crippen LogP) is 1.37. The number of nitrogens with one attached hydrogen (secondary N) is 1. The van der Waals surface area contributed by atoms with Gasteiger partial charge in [0.05, 0.1) is 11.8 Å². The SMILES string of the molecule is CC(O)c1ccc(N2NCCCC2=O)cc1. The van der Waals surface area contributed by atoms with Crippen molar-refractivity contribution in [1.82, 2.24) is 5.43 Å². The van der Waals surface area contributed by atoms with Gasteiger partial charge in [-0.15, -0.1) is 0 Å². The molecule has 1 amide bonds. The third-order valence-electron chi connectivity index (χ3n) is 2.72. The molecule has 0 spiro atoms. The zero-order valence-corrected chi connectivity index (χ0v) is 9.31. The molecule has 2 N–H and O–H groups in total. The average molecular weight is 220 g/mol. The van der Waals surface area contributed by atoms with Crippen molar-refractivity contribution in [2.45, 2.75) is 25.9 Å². The molecule has 0 saturated carbocycles. The van der Waals surface area contributed by atoms with Gasteiger partial charge in [0.15, 0.2) is 0 Å². The average Bonchev–Trinajstić information content (AvgIpc) is 2.30. The van der Waals surface area contributed by atoms with Crippen LogP contribution in [0.5, 0.6) is 0 Å². The van der Waals surface area contributed by atoms with Crippen LogP contribution in [0.4, 0.5) is 5.69 Å². The number of rotatable bonds is 2. The molecule has 0 radical (unpaired) electrons. The predicted molar refractivity (Wildman–Crippen MR) is 61.8 cm³/mol. The van der Waals surface area contributed by atoms with Gasteiger partial charge in [-0.3, -0.25) is 4.79 Å². The number of aliphatic hydroxyl groups excluding tert-OH is 1. The standard InChI is InChI=1S/C12H16N2O2/c1-9(15)10-4-6-11(7-5-10)14-12(16)3-2-8-13-14/h4-7,9,13,15H,2-3,8H2,1H3. The lowest BCUT2D eigenvalue weighted by atomic mass is 10.1. The Morgan fingerprint density at radius 2 is 2.06 bits per heavy atom. The van der Waals surface area contributed by atoms with Crippen LogP contribution in [0.15, 0.2) is 24.3 Å². The number of carbonyl (C=O) groups is 1. The summed E-state index contributed by atoms with van der Waals surface area (Å²) in [6.07, 6.45) is 1.01. The first kappa shape index (κ1) is 11.1. The van der Waals surface area contributed by atoms with Crippen LogP contribution in [0.2, 0.25) is 0 Å². The van der Waals surface area contributed by atoms with Gasteiger partial charge in [-0.25, -0.2) is 10.4 Å². The molecule has 1 aliphatic heterocycles. The highest BCUT2D eigenvalue weighted by Gasteiger charge is 2.19. The summed E-state index contributed by atoms with van der Waals surface area (Å²) in [6, 6.07) is 7.36. The van der Waals surface area contributed by atoms with Gasteiger partial charge in [0.25, 0.3) is 0 Å². The van der Waals surface area contributed by atoms with Crippen LogP contribution in [0, 0.1) is 0 Å². The minimum Gasteiger partial charge on any atom is -0.389 e. The summed E-state index contributed by atoms with van der Waals surface area (Å²) in [5, 5.41) is 11.0. The van der Waals surface area contributed by atoms with Crippen LogP contribution in [-0.2, 0) is 4.79 Å². The number of hydrazine groups is 1. The van der Waals surface area contributed by atoms with Crippen LogP contribution in [0.25, 0.3) is 0 Å². The van der Waals surface area contributed by atoms with Gasteiger partial charge in [0.2, 0.25) is 5.91 Å². The van der Waals surface area contributed by atoms with Gasteiger partial charge < -0.3 is 5.11 Å². The molecule has 1 aromatic carbocycles. The van der Waals surface area contributed by atoms with Crippen molar-refractivity contribution in [2.75, 3.05) is 11.6 Å². The van der Waals surface area contributed by atoms with E-state index in [0.29, 0.717) is 6.42 Å². The summed E-state index contributed by atoms with van der Waals surface area (Å²) < 4.78 is 0. The first-order valence-corrected chi connectivity index (χ1v) is 5.53. The van der Waals surface area contributed by atoms with E-state index in [2.05, 4.69) is 5.43 Å². The Hall–Kier alpha value is -1.39. The summed E-state index contributed by atoms with van der Waals surface area (Å²) in [5.41, 5.74) is 4.74.